The van der Waals surface area contributed by atoms with Crippen molar-refractivity contribution >= 4 is 23.4 Å². The number of benzene rings is 1. The van der Waals surface area contributed by atoms with Gasteiger partial charge in [-0.3, -0.25) is 14.4 Å². The molecule has 2 bridgehead atoms. The number of cyclic esters (lactones) is 1. The van der Waals surface area contributed by atoms with Crippen LogP contribution >= 0.6 is 0 Å². The fourth-order valence-electron chi connectivity index (χ4n) is 10.0. The van der Waals surface area contributed by atoms with E-state index in [1.54, 1.807) is 97.2 Å². The molecule has 4 rings (SSSR count). The van der Waals surface area contributed by atoms with Gasteiger partial charge < -0.3 is 91.7 Å². The van der Waals surface area contributed by atoms with Gasteiger partial charge >= 0.3 is 11.9 Å². The number of anilines is 1. The normalized spacial score (nSPS) is 36.5. The molecule has 79 heavy (non-hydrogen) atoms. The van der Waals surface area contributed by atoms with Gasteiger partial charge in [0.2, 0.25) is 0 Å². The first-order valence-corrected chi connectivity index (χ1v) is 27.1. The van der Waals surface area contributed by atoms with E-state index in [0.29, 0.717) is 17.7 Å². The van der Waals surface area contributed by atoms with Gasteiger partial charge in [-0.25, -0.2) is 0 Å². The number of aliphatic carboxylic acids is 1. The third-order valence-electron chi connectivity index (χ3n) is 14.3. The summed E-state index contributed by atoms with van der Waals surface area (Å²) in [5.41, 5.74) is 12.7. The number of rotatable bonds is 10. The van der Waals surface area contributed by atoms with Gasteiger partial charge in [-0.15, -0.1) is 0 Å². The monoisotopic (exact) mass is 1110 g/mol. The zero-order valence-corrected chi connectivity index (χ0v) is 45.2. The molecule has 0 saturated carbocycles. The lowest BCUT2D eigenvalue weighted by molar-refractivity contribution is -0.308. The van der Waals surface area contributed by atoms with Gasteiger partial charge in [0.15, 0.2) is 17.9 Å². The second-order valence-corrected chi connectivity index (χ2v) is 21.4. The van der Waals surface area contributed by atoms with Crippen molar-refractivity contribution in [1.29, 1.82) is 0 Å². The Labute approximate surface area is 462 Å². The highest BCUT2D eigenvalue weighted by molar-refractivity contribution is 5.96. The number of hydrogen-bond donors (Lipinski definition) is 14. The Kier molecular flexibility index (Phi) is 28.0. The second kappa shape index (κ2) is 33.2. The molecule has 0 aromatic heterocycles. The minimum atomic E-state index is -2.33. The molecule has 17 unspecified atom stereocenters. The molecule has 2 saturated heterocycles. The Morgan fingerprint density at radius 1 is 0.696 bits per heavy atom. The highest BCUT2D eigenvalue weighted by atomic mass is 16.7. The fourth-order valence-corrected chi connectivity index (χ4v) is 10.0. The Bertz CT molecular complexity index is 2240. The van der Waals surface area contributed by atoms with Crippen LogP contribution < -0.4 is 11.5 Å². The number of aliphatic hydroxyl groups is 11. The molecule has 0 aliphatic carbocycles. The third-order valence-corrected chi connectivity index (χ3v) is 14.3. The summed E-state index contributed by atoms with van der Waals surface area (Å²) in [7, 11) is 0. The van der Waals surface area contributed by atoms with E-state index in [2.05, 4.69) is 0 Å². The maximum Gasteiger partial charge on any atom is 0.311 e. The molecule has 1 aromatic carbocycles. The third kappa shape index (κ3) is 23.3. The first-order valence-electron chi connectivity index (χ1n) is 27.1. The molecule has 3 heterocycles. The summed E-state index contributed by atoms with van der Waals surface area (Å²) in [5, 5.41) is 130. The van der Waals surface area contributed by atoms with Crippen molar-refractivity contribution in [2.75, 3.05) is 5.73 Å². The van der Waals surface area contributed by atoms with E-state index < -0.39 is 147 Å². The van der Waals surface area contributed by atoms with E-state index in [-0.39, 0.29) is 62.6 Å². The first-order chi connectivity index (χ1) is 37.3. The molecule has 20 atom stereocenters. The van der Waals surface area contributed by atoms with Gasteiger partial charge in [0, 0.05) is 42.9 Å². The van der Waals surface area contributed by atoms with Crippen molar-refractivity contribution in [1.82, 2.24) is 0 Å². The van der Waals surface area contributed by atoms with Crippen LogP contribution in [-0.4, -0.2) is 183 Å². The fraction of sp³-hybridized carbons (Fsp3) is 0.603. The average molecular weight is 1120 g/mol. The number of fused-ring (bicyclic) bond motifs is 2. The van der Waals surface area contributed by atoms with Gasteiger partial charge in [-0.2, -0.15) is 0 Å². The number of Topliss-reactive ketones (excluding diaryl/α,β-unsaturated/α-hetero) is 1. The maximum absolute atomic E-state index is 13.3. The molecule has 3 aliphatic rings. The molecule has 3 aliphatic heterocycles. The SMILES string of the molecule is CC1C=CC=CC=CC=CC=CC=CC=CC(OC2O[C@H](C)C(O)[C@H](N)C2O)CC2OC(O)(CC(O)CC(O)CC(O)CC(O)C[C@H](O)CC(O)CC(=O)OC1C(C)CCC(O)CC(=O)c1ccc(N)cc1)CC(O)C2C(=O)O. The van der Waals surface area contributed by atoms with Crippen molar-refractivity contribution in [3.05, 3.63) is 115 Å². The molecule has 16 N–H and O–H groups in total. The van der Waals surface area contributed by atoms with E-state index in [9.17, 15) is 75.7 Å². The van der Waals surface area contributed by atoms with Crippen molar-refractivity contribution in [3.63, 3.8) is 0 Å². The largest absolute Gasteiger partial charge is 0.481 e. The average Bonchev–Trinajstić information content (AvgIpc) is 3.35. The number of carboxylic acids is 1. The minimum Gasteiger partial charge on any atom is -0.481 e. The predicted octanol–water partition coefficient (Wildman–Crippen LogP) is 2.08. The van der Waals surface area contributed by atoms with Crippen molar-refractivity contribution in [2.45, 2.75) is 201 Å². The number of carboxylic acid groups (broad SMARTS) is 1. The van der Waals surface area contributed by atoms with Crippen LogP contribution in [0, 0.1) is 17.8 Å². The van der Waals surface area contributed by atoms with E-state index >= 15 is 0 Å². The molecular weight excluding hydrogens is 1030 g/mol. The molecule has 21 nitrogen and oxygen atoms in total. The van der Waals surface area contributed by atoms with E-state index in [0.717, 1.165) is 0 Å². The van der Waals surface area contributed by atoms with Gasteiger partial charge in [-0.1, -0.05) is 98.9 Å². The molecular formula is C58H86N2O19. The lowest BCUT2D eigenvalue weighted by atomic mass is 9.82. The van der Waals surface area contributed by atoms with Crippen LogP contribution in [0.2, 0.25) is 0 Å². The molecule has 0 amide bonds. The Morgan fingerprint density at radius 2 is 1.20 bits per heavy atom. The first kappa shape index (κ1) is 66.7. The lowest BCUT2D eigenvalue weighted by Gasteiger charge is -2.45. The summed E-state index contributed by atoms with van der Waals surface area (Å²) >= 11 is 0. The molecule has 442 valence electrons. The van der Waals surface area contributed by atoms with Crippen LogP contribution in [0.3, 0.4) is 0 Å². The number of esters is 1. The smallest absolute Gasteiger partial charge is 0.311 e. The number of nitrogens with two attached hydrogens (primary N) is 2. The Balaban J connectivity index is 1.54. The summed E-state index contributed by atoms with van der Waals surface area (Å²) in [5.74, 6) is -7.07. The van der Waals surface area contributed by atoms with Gasteiger partial charge in [0.05, 0.1) is 85.7 Å². The van der Waals surface area contributed by atoms with E-state index in [4.69, 9.17) is 30.4 Å². The highest BCUT2D eigenvalue weighted by Crippen LogP contribution is 2.38. The Hall–Kier alpha value is -4.79. The standard InChI is InChI=1S/C58H86N2O19/c1-34-16-14-12-10-8-6-4-5-7-9-11-13-15-17-46(77-57-54(72)52(60)53(71)36(3)76-57)31-49-51(56(73)74)48(69)33-58(75,79-49)32-45(67)28-43(65)26-41(63)24-40(62)25-42(64)27-44(66)30-50(70)78-55(34)35(2)18-23-39(61)29-47(68)37-19-21-38(59)22-20-37/h4-17,19-22,34-36,39-46,48-49,51-55,57,61-67,69,71-72,75H,18,23-33,59-60H2,1-3H3,(H,73,74)/t34?,35?,36-,39?,40?,41?,42+,43?,44?,45?,46?,48?,49?,51?,52+,53?,54?,55?,57?,58?/m1/s1. The van der Waals surface area contributed by atoms with Crippen LogP contribution in [0.4, 0.5) is 5.69 Å². The van der Waals surface area contributed by atoms with Crippen LogP contribution in [0.25, 0.3) is 0 Å². The number of allylic oxidation sites excluding steroid dienone is 12. The number of hydrogen-bond acceptors (Lipinski definition) is 20. The Morgan fingerprint density at radius 3 is 1.75 bits per heavy atom. The van der Waals surface area contributed by atoms with Gasteiger partial charge in [0.25, 0.3) is 0 Å². The number of nitrogen functional groups attached to an aromatic ring is 1. The van der Waals surface area contributed by atoms with E-state index in [1.807, 2.05) is 19.9 Å². The summed E-state index contributed by atoms with van der Waals surface area (Å²) in [6.07, 6.45) is 1.42. The van der Waals surface area contributed by atoms with Crippen molar-refractivity contribution in [2.24, 2.45) is 23.5 Å². The molecule has 1 aromatic rings. The maximum atomic E-state index is 13.3. The molecule has 2 fully saturated rings. The highest BCUT2D eigenvalue weighted by Gasteiger charge is 2.51. The van der Waals surface area contributed by atoms with Crippen LogP contribution in [0.5, 0.6) is 0 Å². The zero-order chi connectivity index (χ0) is 58.4. The summed E-state index contributed by atoms with van der Waals surface area (Å²) in [4.78, 5) is 38.7. The number of aliphatic hydroxyl groups excluding tert-OH is 10. The predicted molar refractivity (Wildman–Crippen MR) is 291 cm³/mol. The van der Waals surface area contributed by atoms with Crippen molar-refractivity contribution < 1.29 is 94.6 Å². The van der Waals surface area contributed by atoms with Crippen LogP contribution in [0.15, 0.2) is 109 Å². The number of carbonyl (C=O) groups excluding carboxylic acids is 2. The lowest BCUT2D eigenvalue weighted by Crippen LogP contribution is -2.61. The van der Waals surface area contributed by atoms with Crippen LogP contribution in [0.1, 0.15) is 108 Å². The molecule has 0 radical (unpaired) electrons. The minimum absolute atomic E-state index is 0.120. The number of ketones is 1. The number of carbonyl (C=O) groups is 3. The second-order valence-electron chi connectivity index (χ2n) is 21.4. The van der Waals surface area contributed by atoms with Crippen LogP contribution in [-0.2, 0) is 28.5 Å². The molecule has 0 spiro atoms. The quantitative estimate of drug-likeness (QED) is 0.0906. The van der Waals surface area contributed by atoms with Gasteiger partial charge in [0.1, 0.15) is 18.1 Å². The number of ether oxygens (including phenoxy) is 4. The topological polar surface area (TPSA) is 383 Å². The summed E-state index contributed by atoms with van der Waals surface area (Å²) in [6, 6.07) is 5.24. The van der Waals surface area contributed by atoms with E-state index in [1.165, 1.54) is 13.0 Å². The summed E-state index contributed by atoms with van der Waals surface area (Å²) < 4.78 is 23.7. The zero-order valence-electron chi connectivity index (χ0n) is 45.2. The van der Waals surface area contributed by atoms with Crippen molar-refractivity contribution in [3.8, 4) is 0 Å². The summed E-state index contributed by atoms with van der Waals surface area (Å²) in [6.45, 7) is 5.23. The molecule has 21 heteroatoms. The van der Waals surface area contributed by atoms with Gasteiger partial charge in [-0.05, 0) is 82.1 Å².